The Hall–Kier alpha value is -0.390. The molecule has 1 N–H and O–H groups in total. The van der Waals surface area contributed by atoms with Gasteiger partial charge >= 0.3 is 67.8 Å². The molecule has 0 atom stereocenters. The molecule has 0 heterocycles. The van der Waals surface area contributed by atoms with Crippen LogP contribution in [0.15, 0.2) is 30.3 Å². The Morgan fingerprint density at radius 1 is 1.27 bits per heavy atom. The van der Waals surface area contributed by atoms with Gasteiger partial charge in [0.25, 0.3) is 0 Å². The molecule has 1 nitrogen and oxygen atoms in total. The minimum absolute atomic E-state index is 0.886. The molecule has 1 rings (SSSR count). The molecule has 0 aliphatic carbocycles. The van der Waals surface area contributed by atoms with Crippen LogP contribution in [0, 0.1) is 0 Å². The van der Waals surface area contributed by atoms with Crippen LogP contribution in [0.1, 0.15) is 6.92 Å². The van der Waals surface area contributed by atoms with E-state index in [1.54, 1.807) is 0 Å². The van der Waals surface area contributed by atoms with Gasteiger partial charge in [0.1, 0.15) is 0 Å². The molecule has 0 fully saturated rings. The maximum atomic E-state index is 9.93. The van der Waals surface area contributed by atoms with E-state index in [0.717, 1.165) is 11.5 Å². The predicted octanol–water partition coefficient (Wildman–Crippen LogP) is 1.62. The van der Waals surface area contributed by atoms with E-state index < -0.39 is 7.49 Å². The molecule has 0 unspecified atom stereocenters. The quantitative estimate of drug-likeness (QED) is 0.669. The Bertz CT molecular complexity index is 218. The second kappa shape index (κ2) is 3.34. The Morgan fingerprint density at radius 2 is 1.82 bits per heavy atom. The number of hydrogen-bond acceptors (Lipinski definition) is 1. The van der Waals surface area contributed by atoms with Crippen molar-refractivity contribution >= 4 is 12.8 Å². The molecule has 2 heteroatoms. The van der Waals surface area contributed by atoms with Gasteiger partial charge in [-0.05, 0) is 0 Å². The summed E-state index contributed by atoms with van der Waals surface area (Å²) < 4.78 is 0. The second-order valence-corrected chi connectivity index (χ2v) is 6.83. The van der Waals surface area contributed by atoms with Crippen LogP contribution in [0.2, 0.25) is 0 Å². The van der Waals surface area contributed by atoms with E-state index in [0.29, 0.717) is 0 Å². The third kappa shape index (κ3) is 2.02. The van der Waals surface area contributed by atoms with E-state index in [2.05, 4.69) is 0 Å². The maximum absolute atomic E-state index is 9.93. The van der Waals surface area contributed by atoms with Crippen LogP contribution in [0.3, 0.4) is 0 Å². The number of rotatable bonds is 2. The molecule has 0 saturated carbocycles. The summed E-state index contributed by atoms with van der Waals surface area (Å²) in [5, 5.41) is 1.13. The van der Waals surface area contributed by atoms with Crippen LogP contribution in [0.25, 0.3) is 0 Å². The Balaban J connectivity index is 2.93. The fraction of sp³-hybridized carbons (Fsp3) is 0.333. The Morgan fingerprint density at radius 3 is 2.27 bits per heavy atom. The van der Waals surface area contributed by atoms with Gasteiger partial charge in [-0.15, -0.1) is 0 Å². The molecule has 0 amide bonds. The van der Waals surface area contributed by atoms with Crippen molar-refractivity contribution in [3.63, 3.8) is 0 Å². The summed E-state index contributed by atoms with van der Waals surface area (Å²) in [6.45, 7) is 4.02. The van der Waals surface area contributed by atoms with Crippen LogP contribution in [0.4, 0.5) is 0 Å². The van der Waals surface area contributed by atoms with Crippen molar-refractivity contribution in [1.29, 1.82) is 0 Å². The summed E-state index contributed by atoms with van der Waals surface area (Å²) >= 11 is 0. The summed E-state index contributed by atoms with van der Waals surface area (Å²) in [5.41, 5.74) is 0. The van der Waals surface area contributed by atoms with Crippen molar-refractivity contribution in [2.24, 2.45) is 0 Å². The Labute approximate surface area is 68.5 Å². The fourth-order valence-corrected chi connectivity index (χ4v) is 2.32. The average Bonchev–Trinajstić information content (AvgIpc) is 2.06. The summed E-state index contributed by atoms with van der Waals surface area (Å²) in [6.07, 6.45) is 0.886. The van der Waals surface area contributed by atoms with Crippen molar-refractivity contribution in [2.75, 3.05) is 12.8 Å². The van der Waals surface area contributed by atoms with Crippen molar-refractivity contribution < 1.29 is 4.89 Å². The first kappa shape index (κ1) is 8.70. The number of hydrogen-bond donors (Lipinski definition) is 1. The van der Waals surface area contributed by atoms with E-state index in [-0.39, 0.29) is 0 Å². The number of benzene rings is 1. The van der Waals surface area contributed by atoms with Gasteiger partial charge in [0.15, 0.2) is 0 Å². The normalized spacial score (nSPS) is 13.0. The molecule has 11 heavy (non-hydrogen) atoms. The SMILES string of the molecule is CC[PH](C)(O)c1ccccc1. The molecule has 0 aliphatic rings. The standard InChI is InChI=1S/C9H15OP/c1-3-11(2,10)9-7-5-4-6-8-9/h4-8,10-11H,3H2,1-2H3. The Kier molecular flexibility index (Phi) is 2.64. The third-order valence-corrected chi connectivity index (χ3v) is 5.04. The molecule has 1 aromatic rings. The molecular weight excluding hydrogens is 155 g/mol. The second-order valence-electron chi connectivity index (χ2n) is 2.99. The van der Waals surface area contributed by atoms with Crippen molar-refractivity contribution in [3.8, 4) is 0 Å². The summed E-state index contributed by atoms with van der Waals surface area (Å²) in [5.74, 6) is 0. The van der Waals surface area contributed by atoms with E-state index in [4.69, 9.17) is 0 Å². The van der Waals surface area contributed by atoms with Gasteiger partial charge in [-0.2, -0.15) is 0 Å². The third-order valence-electron chi connectivity index (χ3n) is 2.08. The van der Waals surface area contributed by atoms with Gasteiger partial charge in [0.05, 0.1) is 0 Å². The van der Waals surface area contributed by atoms with Gasteiger partial charge in [0, 0.05) is 0 Å². The van der Waals surface area contributed by atoms with Gasteiger partial charge in [-0.1, -0.05) is 0 Å². The van der Waals surface area contributed by atoms with Crippen molar-refractivity contribution in [1.82, 2.24) is 0 Å². The van der Waals surface area contributed by atoms with Crippen molar-refractivity contribution in [2.45, 2.75) is 6.92 Å². The first-order chi connectivity index (χ1) is 5.17. The summed E-state index contributed by atoms with van der Waals surface area (Å²) in [4.78, 5) is 9.93. The monoisotopic (exact) mass is 170 g/mol. The fourth-order valence-electron chi connectivity index (χ4n) is 1.00. The zero-order chi connectivity index (χ0) is 8.32. The molecule has 0 bridgehead atoms. The van der Waals surface area contributed by atoms with Gasteiger partial charge in [-0.25, -0.2) is 0 Å². The van der Waals surface area contributed by atoms with Gasteiger partial charge < -0.3 is 0 Å². The van der Waals surface area contributed by atoms with E-state index in [9.17, 15) is 4.89 Å². The topological polar surface area (TPSA) is 20.2 Å². The van der Waals surface area contributed by atoms with Crippen LogP contribution in [0.5, 0.6) is 0 Å². The molecule has 0 aromatic heterocycles. The van der Waals surface area contributed by atoms with Gasteiger partial charge in [-0.3, -0.25) is 0 Å². The molecule has 0 spiro atoms. The van der Waals surface area contributed by atoms with Crippen LogP contribution in [-0.4, -0.2) is 17.7 Å². The minimum atomic E-state index is -2.05. The molecule has 0 radical (unpaired) electrons. The molecule has 1 aromatic carbocycles. The van der Waals surface area contributed by atoms with Crippen LogP contribution in [-0.2, 0) is 0 Å². The summed E-state index contributed by atoms with van der Waals surface area (Å²) in [7, 11) is -2.05. The first-order valence-electron chi connectivity index (χ1n) is 3.94. The molecule has 0 saturated heterocycles. The van der Waals surface area contributed by atoms with Gasteiger partial charge in [0.2, 0.25) is 0 Å². The predicted molar refractivity (Wildman–Crippen MR) is 53.1 cm³/mol. The van der Waals surface area contributed by atoms with E-state index in [1.807, 2.05) is 43.9 Å². The zero-order valence-electron chi connectivity index (χ0n) is 7.04. The first-order valence-corrected chi connectivity index (χ1v) is 6.60. The molecule has 0 aliphatic heterocycles. The zero-order valence-corrected chi connectivity index (χ0v) is 8.04. The molecular formula is C9H15OP. The van der Waals surface area contributed by atoms with Crippen molar-refractivity contribution in [3.05, 3.63) is 30.3 Å². The molecule has 62 valence electrons. The van der Waals surface area contributed by atoms with E-state index in [1.165, 1.54) is 0 Å². The van der Waals surface area contributed by atoms with Crippen LogP contribution < -0.4 is 5.30 Å². The summed E-state index contributed by atoms with van der Waals surface area (Å²) in [6, 6.07) is 9.95. The average molecular weight is 170 g/mol. The van der Waals surface area contributed by atoms with Crippen LogP contribution >= 0.6 is 7.49 Å². The van der Waals surface area contributed by atoms with E-state index >= 15 is 0 Å².